The maximum absolute atomic E-state index is 9.02. The summed E-state index contributed by atoms with van der Waals surface area (Å²) in [6.07, 6.45) is 10.5. The van der Waals surface area contributed by atoms with Gasteiger partial charge < -0.3 is 15.2 Å². The van der Waals surface area contributed by atoms with Gasteiger partial charge in [0.1, 0.15) is 0 Å². The number of hydrogen-bond acceptors (Lipinski definition) is 3. The van der Waals surface area contributed by atoms with Crippen molar-refractivity contribution in [3.05, 3.63) is 0 Å². The van der Waals surface area contributed by atoms with Gasteiger partial charge in [-0.3, -0.25) is 0 Å². The summed E-state index contributed by atoms with van der Waals surface area (Å²) in [5.41, 5.74) is 0.691. The first-order valence-electron chi connectivity index (χ1n) is 9.00. The Morgan fingerprint density at radius 2 is 1.95 bits per heavy atom. The maximum Gasteiger partial charge on any atom is 0.0661 e. The van der Waals surface area contributed by atoms with E-state index in [9.17, 15) is 0 Å². The third-order valence-corrected chi connectivity index (χ3v) is 5.78. The van der Waals surface area contributed by atoms with Gasteiger partial charge in [0.15, 0.2) is 0 Å². The van der Waals surface area contributed by atoms with Crippen molar-refractivity contribution in [2.24, 2.45) is 10.8 Å². The van der Waals surface area contributed by atoms with Gasteiger partial charge in [-0.05, 0) is 44.4 Å². The Labute approximate surface area is 130 Å². The quantitative estimate of drug-likeness (QED) is 0.720. The third-order valence-electron chi connectivity index (χ3n) is 5.78. The highest BCUT2D eigenvalue weighted by molar-refractivity contribution is 5.09. The molecular formula is C18H35NO2. The molecular weight excluding hydrogens is 262 g/mol. The van der Waals surface area contributed by atoms with Crippen molar-refractivity contribution in [2.75, 3.05) is 19.8 Å². The van der Waals surface area contributed by atoms with Crippen molar-refractivity contribution in [3.8, 4) is 0 Å². The van der Waals surface area contributed by atoms with E-state index in [-0.39, 0.29) is 5.41 Å². The van der Waals surface area contributed by atoms with E-state index in [1.807, 2.05) is 0 Å². The van der Waals surface area contributed by atoms with Crippen molar-refractivity contribution in [3.63, 3.8) is 0 Å². The van der Waals surface area contributed by atoms with Crippen molar-refractivity contribution in [1.82, 2.24) is 5.32 Å². The Hall–Kier alpha value is -0.120. The summed E-state index contributed by atoms with van der Waals surface area (Å²) < 4.78 is 6.03. The SMILES string of the molecule is CCOC1CC(NCC(C)(C)CCCO)C12CCCCC2. The lowest BCUT2D eigenvalue weighted by atomic mass is 9.55. The molecule has 2 atom stereocenters. The van der Waals surface area contributed by atoms with Crippen molar-refractivity contribution in [2.45, 2.75) is 84.3 Å². The summed E-state index contributed by atoms with van der Waals surface area (Å²) in [5.74, 6) is 0. The summed E-state index contributed by atoms with van der Waals surface area (Å²) in [6.45, 7) is 8.95. The number of hydrogen-bond donors (Lipinski definition) is 2. The standard InChI is InChI=1S/C18H35NO2/c1-4-21-16-13-15(18(16)10-6-5-7-11-18)19-14-17(2,3)9-8-12-20/h15-16,19-20H,4-14H2,1-3H3. The number of ether oxygens (including phenoxy) is 1. The first kappa shape index (κ1) is 17.2. The van der Waals surface area contributed by atoms with E-state index < -0.39 is 0 Å². The number of rotatable bonds is 8. The van der Waals surface area contributed by atoms with Gasteiger partial charge >= 0.3 is 0 Å². The molecule has 0 bridgehead atoms. The molecule has 0 amide bonds. The fraction of sp³-hybridized carbons (Fsp3) is 1.00. The molecule has 2 N–H and O–H groups in total. The highest BCUT2D eigenvalue weighted by Gasteiger charge is 2.55. The first-order valence-corrected chi connectivity index (χ1v) is 9.00. The zero-order chi connectivity index (χ0) is 15.3. The minimum atomic E-state index is 0.273. The van der Waals surface area contributed by atoms with Gasteiger partial charge in [-0.2, -0.15) is 0 Å². The molecule has 2 saturated carbocycles. The summed E-state index contributed by atoms with van der Waals surface area (Å²) in [5, 5.41) is 12.9. The fourth-order valence-corrected chi connectivity index (χ4v) is 4.40. The molecule has 0 aliphatic heterocycles. The van der Waals surface area contributed by atoms with E-state index in [1.54, 1.807) is 0 Å². The van der Waals surface area contributed by atoms with Gasteiger partial charge in [-0.25, -0.2) is 0 Å². The summed E-state index contributed by atoms with van der Waals surface area (Å²) in [4.78, 5) is 0. The lowest BCUT2D eigenvalue weighted by Gasteiger charge is -2.58. The molecule has 2 aliphatic carbocycles. The van der Waals surface area contributed by atoms with Gasteiger partial charge in [0.2, 0.25) is 0 Å². The first-order chi connectivity index (χ1) is 10.0. The molecule has 0 aromatic rings. The molecule has 124 valence electrons. The monoisotopic (exact) mass is 297 g/mol. The normalized spacial score (nSPS) is 28.6. The molecule has 2 unspecified atom stereocenters. The lowest BCUT2D eigenvalue weighted by Crippen LogP contribution is -2.65. The van der Waals surface area contributed by atoms with Gasteiger partial charge in [-0.15, -0.1) is 0 Å². The Bertz CT molecular complexity index is 310. The molecule has 0 heterocycles. The van der Waals surface area contributed by atoms with Gasteiger partial charge in [-0.1, -0.05) is 33.1 Å². The lowest BCUT2D eigenvalue weighted by molar-refractivity contribution is -0.151. The van der Waals surface area contributed by atoms with Crippen LogP contribution in [0.1, 0.15) is 72.1 Å². The van der Waals surface area contributed by atoms with Crippen LogP contribution in [0, 0.1) is 10.8 Å². The van der Waals surface area contributed by atoms with Gasteiger partial charge in [0, 0.05) is 31.2 Å². The zero-order valence-electron chi connectivity index (χ0n) is 14.3. The van der Waals surface area contributed by atoms with E-state index in [2.05, 4.69) is 26.1 Å². The van der Waals surface area contributed by atoms with Crippen molar-refractivity contribution >= 4 is 0 Å². The Balaban J connectivity index is 1.87. The predicted molar refractivity (Wildman–Crippen MR) is 87.4 cm³/mol. The van der Waals surface area contributed by atoms with E-state index in [1.165, 1.54) is 38.5 Å². The average Bonchev–Trinajstić information content (AvgIpc) is 2.49. The van der Waals surface area contributed by atoms with Crippen LogP contribution in [0.15, 0.2) is 0 Å². The van der Waals surface area contributed by atoms with Crippen LogP contribution >= 0.6 is 0 Å². The molecule has 21 heavy (non-hydrogen) atoms. The molecule has 2 rings (SSSR count). The van der Waals surface area contributed by atoms with Crippen LogP contribution in [0.5, 0.6) is 0 Å². The van der Waals surface area contributed by atoms with E-state index in [0.29, 0.717) is 24.2 Å². The van der Waals surface area contributed by atoms with Crippen molar-refractivity contribution in [1.29, 1.82) is 0 Å². The third kappa shape index (κ3) is 4.00. The molecule has 3 heteroatoms. The molecule has 2 fully saturated rings. The number of aliphatic hydroxyl groups is 1. The molecule has 2 aliphatic rings. The average molecular weight is 297 g/mol. The molecule has 0 aromatic carbocycles. The Kier molecular flexibility index (Phi) is 6.10. The second-order valence-electron chi connectivity index (χ2n) is 7.90. The van der Waals surface area contributed by atoms with Crippen LogP contribution in [-0.2, 0) is 4.74 Å². The van der Waals surface area contributed by atoms with Crippen LogP contribution in [0.3, 0.4) is 0 Å². The smallest absolute Gasteiger partial charge is 0.0661 e. The molecule has 0 aromatic heterocycles. The Morgan fingerprint density at radius 3 is 2.57 bits per heavy atom. The second kappa shape index (κ2) is 7.43. The fourth-order valence-electron chi connectivity index (χ4n) is 4.40. The van der Waals surface area contributed by atoms with E-state index in [0.717, 1.165) is 26.0 Å². The maximum atomic E-state index is 9.02. The summed E-state index contributed by atoms with van der Waals surface area (Å²) in [7, 11) is 0. The molecule has 3 nitrogen and oxygen atoms in total. The molecule has 0 saturated heterocycles. The molecule has 1 spiro atoms. The van der Waals surface area contributed by atoms with Crippen LogP contribution in [0.4, 0.5) is 0 Å². The van der Waals surface area contributed by atoms with Crippen LogP contribution in [0.2, 0.25) is 0 Å². The highest BCUT2D eigenvalue weighted by Crippen LogP contribution is 2.53. The second-order valence-corrected chi connectivity index (χ2v) is 7.90. The van der Waals surface area contributed by atoms with Crippen LogP contribution < -0.4 is 5.32 Å². The summed E-state index contributed by atoms with van der Waals surface area (Å²) >= 11 is 0. The van der Waals surface area contributed by atoms with E-state index in [4.69, 9.17) is 9.84 Å². The number of aliphatic hydroxyl groups excluding tert-OH is 1. The topological polar surface area (TPSA) is 41.5 Å². The minimum absolute atomic E-state index is 0.273. The highest BCUT2D eigenvalue weighted by atomic mass is 16.5. The van der Waals surface area contributed by atoms with Crippen LogP contribution in [-0.4, -0.2) is 37.0 Å². The predicted octanol–water partition coefficient (Wildman–Crippen LogP) is 3.50. The van der Waals surface area contributed by atoms with Crippen LogP contribution in [0.25, 0.3) is 0 Å². The zero-order valence-corrected chi connectivity index (χ0v) is 14.3. The number of nitrogens with one attached hydrogen (secondary N) is 1. The van der Waals surface area contributed by atoms with E-state index >= 15 is 0 Å². The van der Waals surface area contributed by atoms with Gasteiger partial charge in [0.05, 0.1) is 6.10 Å². The largest absolute Gasteiger partial charge is 0.396 e. The van der Waals surface area contributed by atoms with Crippen molar-refractivity contribution < 1.29 is 9.84 Å². The summed E-state index contributed by atoms with van der Waals surface area (Å²) in [6, 6.07) is 0.641. The minimum Gasteiger partial charge on any atom is -0.396 e. The molecule has 0 radical (unpaired) electrons. The Morgan fingerprint density at radius 1 is 1.24 bits per heavy atom. The van der Waals surface area contributed by atoms with Gasteiger partial charge in [0.25, 0.3) is 0 Å².